The fraction of sp³-hybridized carbons (Fsp3) is 0.375. The van der Waals surface area contributed by atoms with Gasteiger partial charge in [-0.25, -0.2) is 0 Å². The Morgan fingerprint density at radius 3 is 2.21 bits per heavy atom. The van der Waals surface area contributed by atoms with Crippen LogP contribution in [0.4, 0.5) is 0 Å². The Morgan fingerprint density at radius 2 is 1.69 bits per heavy atom. The summed E-state index contributed by atoms with van der Waals surface area (Å²) >= 11 is 0. The number of hydrogen-bond donors (Lipinski definition) is 0. The third kappa shape index (κ3) is 5.11. The molecule has 1 aliphatic rings. The molecule has 2 aromatic rings. The molecule has 1 unspecified atom stereocenters. The van der Waals surface area contributed by atoms with Crippen molar-refractivity contribution in [2.24, 2.45) is 5.92 Å². The second kappa shape index (κ2) is 9.50. The van der Waals surface area contributed by atoms with Crippen molar-refractivity contribution in [2.45, 2.75) is 32.4 Å². The summed E-state index contributed by atoms with van der Waals surface area (Å²) in [5.41, 5.74) is 1.95. The zero-order valence-electron chi connectivity index (χ0n) is 17.6. The number of benzene rings is 2. The Labute approximate surface area is 172 Å². The van der Waals surface area contributed by atoms with Crippen LogP contribution in [0.25, 0.3) is 6.08 Å². The van der Waals surface area contributed by atoms with Crippen LogP contribution in [0.1, 0.15) is 30.9 Å². The van der Waals surface area contributed by atoms with E-state index in [1.54, 1.807) is 33.5 Å². The molecule has 2 aromatic carbocycles. The van der Waals surface area contributed by atoms with Gasteiger partial charge in [-0.3, -0.25) is 4.79 Å². The molecule has 1 fully saturated rings. The summed E-state index contributed by atoms with van der Waals surface area (Å²) in [7, 11) is 4.73. The SMILES string of the molecule is COc1cc(/C=C/C(=O)N(Cc2ccccc2)C(C)C2CC2)cc(OC)c1OC. The van der Waals surface area contributed by atoms with Crippen molar-refractivity contribution in [2.75, 3.05) is 21.3 Å². The van der Waals surface area contributed by atoms with E-state index in [4.69, 9.17) is 14.2 Å². The number of rotatable bonds is 9. The predicted octanol–water partition coefficient (Wildman–Crippen LogP) is 4.55. The minimum absolute atomic E-state index is 0.00186. The van der Waals surface area contributed by atoms with Crippen LogP contribution in [0.15, 0.2) is 48.5 Å². The van der Waals surface area contributed by atoms with Crippen molar-refractivity contribution in [1.82, 2.24) is 4.90 Å². The molecule has 29 heavy (non-hydrogen) atoms. The lowest BCUT2D eigenvalue weighted by molar-refractivity contribution is -0.129. The highest BCUT2D eigenvalue weighted by Crippen LogP contribution is 2.39. The molecule has 0 N–H and O–H groups in total. The molecule has 5 nitrogen and oxygen atoms in total. The van der Waals surface area contributed by atoms with Crippen LogP contribution in [0.3, 0.4) is 0 Å². The number of methoxy groups -OCH3 is 3. The number of carbonyl (C=O) groups is 1. The van der Waals surface area contributed by atoms with Gasteiger partial charge in [0.2, 0.25) is 11.7 Å². The van der Waals surface area contributed by atoms with Gasteiger partial charge in [0, 0.05) is 18.7 Å². The highest BCUT2D eigenvalue weighted by atomic mass is 16.5. The van der Waals surface area contributed by atoms with E-state index in [0.29, 0.717) is 29.7 Å². The number of amides is 1. The van der Waals surface area contributed by atoms with Crippen molar-refractivity contribution < 1.29 is 19.0 Å². The third-order valence-electron chi connectivity index (χ3n) is 5.38. The van der Waals surface area contributed by atoms with E-state index in [1.807, 2.05) is 35.2 Å². The molecule has 0 saturated heterocycles. The highest BCUT2D eigenvalue weighted by Gasteiger charge is 2.33. The van der Waals surface area contributed by atoms with Gasteiger partial charge in [0.1, 0.15) is 0 Å². The summed E-state index contributed by atoms with van der Waals surface area (Å²) in [5, 5.41) is 0. The van der Waals surface area contributed by atoms with E-state index >= 15 is 0 Å². The molecular weight excluding hydrogens is 366 g/mol. The summed E-state index contributed by atoms with van der Waals surface area (Å²) < 4.78 is 16.2. The summed E-state index contributed by atoms with van der Waals surface area (Å²) in [6, 6.07) is 14.0. The van der Waals surface area contributed by atoms with E-state index < -0.39 is 0 Å². The molecule has 1 amide bonds. The summed E-state index contributed by atoms with van der Waals surface area (Å²) in [6.45, 7) is 2.75. The van der Waals surface area contributed by atoms with E-state index in [-0.39, 0.29) is 11.9 Å². The number of ether oxygens (including phenoxy) is 3. The van der Waals surface area contributed by atoms with Crippen LogP contribution in [0, 0.1) is 5.92 Å². The van der Waals surface area contributed by atoms with Gasteiger partial charge in [0.25, 0.3) is 0 Å². The maximum atomic E-state index is 13.1. The molecule has 1 saturated carbocycles. The molecule has 3 rings (SSSR count). The second-order valence-corrected chi connectivity index (χ2v) is 7.32. The summed E-state index contributed by atoms with van der Waals surface area (Å²) in [4.78, 5) is 15.0. The minimum atomic E-state index is 0.00186. The number of carbonyl (C=O) groups excluding carboxylic acids is 1. The van der Waals surface area contributed by atoms with Crippen LogP contribution in [-0.4, -0.2) is 38.2 Å². The second-order valence-electron chi connectivity index (χ2n) is 7.32. The summed E-state index contributed by atoms with van der Waals surface area (Å²) in [5.74, 6) is 2.25. The monoisotopic (exact) mass is 395 g/mol. The Morgan fingerprint density at radius 1 is 1.07 bits per heavy atom. The van der Waals surface area contributed by atoms with Crippen molar-refractivity contribution in [3.63, 3.8) is 0 Å². The van der Waals surface area contributed by atoms with E-state index in [9.17, 15) is 4.79 Å². The maximum Gasteiger partial charge on any atom is 0.247 e. The van der Waals surface area contributed by atoms with E-state index in [1.165, 1.54) is 12.8 Å². The maximum absolute atomic E-state index is 13.1. The molecule has 0 radical (unpaired) electrons. The first-order valence-electron chi connectivity index (χ1n) is 9.90. The highest BCUT2D eigenvalue weighted by molar-refractivity contribution is 5.92. The van der Waals surface area contributed by atoms with Crippen molar-refractivity contribution in [1.29, 1.82) is 0 Å². The Hall–Kier alpha value is -2.95. The van der Waals surface area contributed by atoms with Gasteiger partial charge < -0.3 is 19.1 Å². The lowest BCUT2D eigenvalue weighted by Gasteiger charge is -2.28. The van der Waals surface area contributed by atoms with Crippen molar-refractivity contribution in [3.05, 3.63) is 59.7 Å². The first kappa shape index (κ1) is 20.8. The van der Waals surface area contributed by atoms with Gasteiger partial charge in [0.05, 0.1) is 21.3 Å². The predicted molar refractivity (Wildman–Crippen MR) is 114 cm³/mol. The molecule has 0 aromatic heterocycles. The fourth-order valence-electron chi connectivity index (χ4n) is 3.50. The van der Waals surface area contributed by atoms with Crippen LogP contribution in [0.5, 0.6) is 17.2 Å². The summed E-state index contributed by atoms with van der Waals surface area (Å²) in [6.07, 6.45) is 5.81. The first-order valence-corrected chi connectivity index (χ1v) is 9.90. The molecule has 0 heterocycles. The van der Waals surface area contributed by atoms with Crippen LogP contribution < -0.4 is 14.2 Å². The number of hydrogen-bond acceptors (Lipinski definition) is 4. The van der Waals surface area contributed by atoms with Crippen molar-refractivity contribution in [3.8, 4) is 17.2 Å². The Bertz CT molecular complexity index is 833. The average Bonchev–Trinajstić information content (AvgIpc) is 3.60. The topological polar surface area (TPSA) is 48.0 Å². The Kier molecular flexibility index (Phi) is 6.81. The average molecular weight is 395 g/mol. The van der Waals surface area contributed by atoms with Crippen molar-refractivity contribution >= 4 is 12.0 Å². The minimum Gasteiger partial charge on any atom is -0.493 e. The third-order valence-corrected chi connectivity index (χ3v) is 5.38. The number of nitrogens with zero attached hydrogens (tertiary/aromatic N) is 1. The lowest BCUT2D eigenvalue weighted by Crippen LogP contribution is -2.38. The van der Waals surface area contributed by atoms with Crippen LogP contribution in [0.2, 0.25) is 0 Å². The van der Waals surface area contributed by atoms with Gasteiger partial charge >= 0.3 is 0 Å². The first-order chi connectivity index (χ1) is 14.1. The van der Waals surface area contributed by atoms with Gasteiger partial charge in [-0.1, -0.05) is 30.3 Å². The zero-order valence-corrected chi connectivity index (χ0v) is 17.6. The zero-order chi connectivity index (χ0) is 20.8. The normalized spacial score (nSPS) is 14.5. The standard InChI is InChI=1S/C24H29NO4/c1-17(20-11-12-20)25(16-18-8-6-5-7-9-18)23(26)13-10-19-14-21(27-2)24(29-4)22(15-19)28-3/h5-10,13-15,17,20H,11-12,16H2,1-4H3/b13-10+. The Balaban J connectivity index is 1.82. The van der Waals surface area contributed by atoms with Gasteiger partial charge in [-0.05, 0) is 55.0 Å². The molecule has 0 bridgehead atoms. The molecule has 0 aliphatic heterocycles. The molecule has 1 aliphatic carbocycles. The molecule has 0 spiro atoms. The van der Waals surface area contributed by atoms with E-state index in [0.717, 1.165) is 11.1 Å². The molecule has 154 valence electrons. The lowest BCUT2D eigenvalue weighted by atomic mass is 10.1. The van der Waals surface area contributed by atoms with Crippen LogP contribution >= 0.6 is 0 Å². The smallest absolute Gasteiger partial charge is 0.247 e. The largest absolute Gasteiger partial charge is 0.493 e. The van der Waals surface area contributed by atoms with Gasteiger partial charge in [0.15, 0.2) is 11.5 Å². The molecular formula is C24H29NO4. The van der Waals surface area contributed by atoms with E-state index in [2.05, 4.69) is 19.1 Å². The van der Waals surface area contributed by atoms with Gasteiger partial charge in [-0.2, -0.15) is 0 Å². The fourth-order valence-corrected chi connectivity index (χ4v) is 3.50. The van der Waals surface area contributed by atoms with Crippen LogP contribution in [-0.2, 0) is 11.3 Å². The van der Waals surface area contributed by atoms with Gasteiger partial charge in [-0.15, -0.1) is 0 Å². The molecule has 1 atom stereocenters. The quantitative estimate of drug-likeness (QED) is 0.584. The molecule has 5 heteroatoms.